The van der Waals surface area contributed by atoms with E-state index >= 15 is 0 Å². The second-order valence-electron chi connectivity index (χ2n) is 2.06. The molecule has 1 aromatic carbocycles. The Balaban J connectivity index is 2.39. The number of aliphatic hydroxyl groups excluding tert-OH is 1. The van der Waals surface area contributed by atoms with Crippen molar-refractivity contribution in [2.24, 2.45) is 0 Å². The number of alkyl halides is 1. The highest BCUT2D eigenvalue weighted by Gasteiger charge is 1.97. The highest BCUT2D eigenvalue weighted by Crippen LogP contribution is 2.09. The number of rotatable bonds is 3. The lowest BCUT2D eigenvalue weighted by atomic mass is 10.3. The van der Waals surface area contributed by atoms with Gasteiger partial charge in [0.05, 0.1) is 0 Å². The van der Waals surface area contributed by atoms with Gasteiger partial charge in [0.25, 0.3) is 0 Å². The van der Waals surface area contributed by atoms with Gasteiger partial charge < -0.3 is 9.84 Å². The van der Waals surface area contributed by atoms with Crippen LogP contribution in [0.1, 0.15) is 0 Å². The Hall–Kier alpha value is -0.540. The summed E-state index contributed by atoms with van der Waals surface area (Å²) in [4.78, 5) is 0. The quantitative estimate of drug-likeness (QED) is 0.782. The zero-order valence-corrected chi connectivity index (χ0v) is 7.49. The zero-order valence-electron chi connectivity index (χ0n) is 5.90. The molecule has 0 amide bonds. The summed E-state index contributed by atoms with van der Waals surface area (Å²) in [7, 11) is 0. The molecule has 0 spiro atoms. The molecule has 1 N–H and O–H groups in total. The number of para-hydroxylation sites is 1. The molecule has 0 aliphatic heterocycles. The fraction of sp³-hybridized carbons (Fsp3) is 0.250. The van der Waals surface area contributed by atoms with Gasteiger partial charge in [0.15, 0.2) is 0 Å². The van der Waals surface area contributed by atoms with Crippen molar-refractivity contribution < 1.29 is 9.84 Å². The predicted molar refractivity (Wildman–Crippen MR) is 46.9 cm³/mol. The van der Waals surface area contributed by atoms with Crippen LogP contribution in [0, 0.1) is 0 Å². The molecule has 1 atom stereocenters. The van der Waals surface area contributed by atoms with Crippen molar-refractivity contribution >= 4 is 15.9 Å². The van der Waals surface area contributed by atoms with Gasteiger partial charge in [-0.2, -0.15) is 0 Å². The van der Waals surface area contributed by atoms with Crippen LogP contribution < -0.4 is 4.74 Å². The molecule has 3 heteroatoms. The Labute approximate surface area is 73.9 Å². The Morgan fingerprint density at radius 2 is 2.00 bits per heavy atom. The molecule has 1 unspecified atom stereocenters. The smallest absolute Gasteiger partial charge is 0.142 e. The monoisotopic (exact) mass is 216 g/mol. The molecule has 0 aromatic heterocycles. The van der Waals surface area contributed by atoms with Crippen LogP contribution >= 0.6 is 15.9 Å². The third kappa shape index (κ3) is 3.39. The molecule has 0 radical (unpaired) electrons. The van der Waals surface area contributed by atoms with E-state index in [2.05, 4.69) is 15.9 Å². The van der Waals surface area contributed by atoms with Gasteiger partial charge in [-0.1, -0.05) is 34.1 Å². The molecule has 0 aliphatic carbocycles. The molecule has 2 nitrogen and oxygen atoms in total. The molecule has 0 bridgehead atoms. The van der Waals surface area contributed by atoms with Gasteiger partial charge in [-0.3, -0.25) is 0 Å². The predicted octanol–water partition coefficient (Wildman–Crippen LogP) is 1.78. The van der Waals surface area contributed by atoms with Crippen molar-refractivity contribution in [3.05, 3.63) is 30.3 Å². The van der Waals surface area contributed by atoms with E-state index in [1.807, 2.05) is 30.3 Å². The van der Waals surface area contributed by atoms with Gasteiger partial charge in [0.1, 0.15) is 17.4 Å². The van der Waals surface area contributed by atoms with Gasteiger partial charge in [-0.25, -0.2) is 0 Å². The van der Waals surface area contributed by atoms with E-state index in [0.717, 1.165) is 5.75 Å². The highest BCUT2D eigenvalue weighted by molar-refractivity contribution is 9.09. The first kappa shape index (κ1) is 8.56. The van der Waals surface area contributed by atoms with Gasteiger partial charge >= 0.3 is 0 Å². The van der Waals surface area contributed by atoms with E-state index in [0.29, 0.717) is 0 Å². The van der Waals surface area contributed by atoms with Crippen molar-refractivity contribution in [3.63, 3.8) is 0 Å². The number of halogens is 1. The fourth-order valence-corrected chi connectivity index (χ4v) is 0.814. The molecule has 60 valence electrons. The maximum atomic E-state index is 8.81. The number of ether oxygens (including phenoxy) is 1. The molecule has 0 fully saturated rings. The summed E-state index contributed by atoms with van der Waals surface area (Å²) >= 11 is 2.96. The zero-order chi connectivity index (χ0) is 8.10. The summed E-state index contributed by atoms with van der Waals surface area (Å²) in [6.07, 6.45) is 0. The molecule has 1 aromatic rings. The minimum atomic E-state index is -0.595. The molecule has 11 heavy (non-hydrogen) atoms. The molecule has 1 rings (SSSR count). The van der Waals surface area contributed by atoms with E-state index in [-0.39, 0.29) is 6.61 Å². The van der Waals surface area contributed by atoms with Crippen LogP contribution in [0.4, 0.5) is 0 Å². The van der Waals surface area contributed by atoms with Gasteiger partial charge in [-0.05, 0) is 12.1 Å². The number of hydrogen-bond donors (Lipinski definition) is 1. The second-order valence-corrected chi connectivity index (χ2v) is 3.12. The van der Waals surface area contributed by atoms with E-state index < -0.39 is 5.01 Å². The lowest BCUT2D eigenvalue weighted by molar-refractivity contribution is 0.180. The fourth-order valence-electron chi connectivity index (χ4n) is 0.682. The Morgan fingerprint density at radius 3 is 2.55 bits per heavy atom. The van der Waals surface area contributed by atoms with E-state index in [1.54, 1.807) is 0 Å². The average Bonchev–Trinajstić information content (AvgIpc) is 2.03. The van der Waals surface area contributed by atoms with Gasteiger partial charge in [0, 0.05) is 0 Å². The first-order valence-electron chi connectivity index (χ1n) is 3.29. The Morgan fingerprint density at radius 1 is 1.36 bits per heavy atom. The summed E-state index contributed by atoms with van der Waals surface area (Å²) in [6.45, 7) is 0.268. The van der Waals surface area contributed by atoms with E-state index in [9.17, 15) is 0 Å². The number of benzene rings is 1. The number of hydrogen-bond acceptors (Lipinski definition) is 2. The van der Waals surface area contributed by atoms with Crippen LogP contribution in [0.3, 0.4) is 0 Å². The van der Waals surface area contributed by atoms with Crippen molar-refractivity contribution in [3.8, 4) is 5.75 Å². The maximum absolute atomic E-state index is 8.81. The molecule has 0 heterocycles. The maximum Gasteiger partial charge on any atom is 0.142 e. The summed E-state index contributed by atoms with van der Waals surface area (Å²) in [5.41, 5.74) is 0. The largest absolute Gasteiger partial charge is 0.490 e. The third-order valence-corrected chi connectivity index (χ3v) is 1.40. The van der Waals surface area contributed by atoms with Crippen molar-refractivity contribution in [2.75, 3.05) is 6.61 Å². The lowest BCUT2D eigenvalue weighted by Gasteiger charge is -2.05. The van der Waals surface area contributed by atoms with Crippen LogP contribution in [0.15, 0.2) is 30.3 Å². The minimum absolute atomic E-state index is 0.268. The third-order valence-electron chi connectivity index (χ3n) is 1.13. The van der Waals surface area contributed by atoms with Crippen LogP contribution in [-0.4, -0.2) is 16.7 Å². The SMILES string of the molecule is OC(Br)COc1ccccc1. The van der Waals surface area contributed by atoms with Crippen molar-refractivity contribution in [2.45, 2.75) is 5.01 Å². The average molecular weight is 217 g/mol. The summed E-state index contributed by atoms with van der Waals surface area (Å²) in [5, 5.41) is 8.21. The summed E-state index contributed by atoms with van der Waals surface area (Å²) in [5.74, 6) is 0.769. The minimum Gasteiger partial charge on any atom is -0.490 e. The summed E-state index contributed by atoms with van der Waals surface area (Å²) < 4.78 is 5.17. The first-order valence-corrected chi connectivity index (χ1v) is 4.20. The van der Waals surface area contributed by atoms with Gasteiger partial charge in [-0.15, -0.1) is 0 Å². The standard InChI is InChI=1S/C8H9BrO2/c9-8(10)6-11-7-4-2-1-3-5-7/h1-5,8,10H,6H2. The lowest BCUT2D eigenvalue weighted by Crippen LogP contribution is -2.09. The van der Waals surface area contributed by atoms with Crippen molar-refractivity contribution in [1.29, 1.82) is 0 Å². The molecular weight excluding hydrogens is 208 g/mol. The molecule has 0 aliphatic rings. The van der Waals surface area contributed by atoms with E-state index in [1.165, 1.54) is 0 Å². The summed E-state index contributed by atoms with van der Waals surface area (Å²) in [6, 6.07) is 9.37. The van der Waals surface area contributed by atoms with Crippen LogP contribution in [0.25, 0.3) is 0 Å². The number of aliphatic hydroxyl groups is 1. The van der Waals surface area contributed by atoms with E-state index in [4.69, 9.17) is 9.84 Å². The molecule has 0 saturated carbocycles. The van der Waals surface area contributed by atoms with Crippen LogP contribution in [-0.2, 0) is 0 Å². The normalized spacial score (nSPS) is 12.5. The Kier molecular flexibility index (Phi) is 3.39. The van der Waals surface area contributed by atoms with Crippen LogP contribution in [0.5, 0.6) is 5.75 Å². The van der Waals surface area contributed by atoms with Crippen LogP contribution in [0.2, 0.25) is 0 Å². The Bertz CT molecular complexity index is 199. The topological polar surface area (TPSA) is 29.5 Å². The van der Waals surface area contributed by atoms with Crippen molar-refractivity contribution in [1.82, 2.24) is 0 Å². The highest BCUT2D eigenvalue weighted by atomic mass is 79.9. The molecular formula is C8H9BrO2. The van der Waals surface area contributed by atoms with Gasteiger partial charge in [0.2, 0.25) is 0 Å². The first-order chi connectivity index (χ1) is 5.29. The second kappa shape index (κ2) is 4.36. The molecule has 0 saturated heterocycles.